The molecule has 0 atom stereocenters. The Hall–Kier alpha value is -8.40. The topological polar surface area (TPSA) is 29.5 Å². The zero-order chi connectivity index (χ0) is 41.7. The molecule has 296 valence electrons. The van der Waals surface area contributed by atoms with Gasteiger partial charge in [-0.15, -0.1) is 0 Å². The summed E-state index contributed by atoms with van der Waals surface area (Å²) in [6, 6.07) is 84.2. The van der Waals surface area contributed by atoms with E-state index >= 15 is 0 Å². The van der Waals surface area contributed by atoms with Crippen molar-refractivity contribution < 1.29 is 8.83 Å². The lowest BCUT2D eigenvalue weighted by molar-refractivity contribution is 0.669. The summed E-state index contributed by atoms with van der Waals surface area (Å²) in [4.78, 5) is 2.39. The molecule has 0 aliphatic carbocycles. The standard InChI is InChI=1S/C60H39NO2/c1-2-16-40(17-3-1)41-32-34-42(35-33-41)46-20-4-5-21-48(46)49-22-6-7-23-50(49)51-24-8-11-29-56(51)61(45-36-37-59-55(39-45)53-26-10-12-30-57(53)62-59)44-19-14-18-43(38-44)47-27-15-28-54-52-25-9-13-31-58(52)63-60(47)54/h1-39H. The van der Waals surface area contributed by atoms with Crippen LogP contribution in [0.5, 0.6) is 0 Å². The van der Waals surface area contributed by atoms with Crippen LogP contribution in [0.15, 0.2) is 245 Å². The Morgan fingerprint density at radius 3 is 1.52 bits per heavy atom. The SMILES string of the molecule is c1ccc(-c2ccc(-c3ccccc3-c3ccccc3-c3ccccc3N(c3cccc(-c4cccc5c4oc4ccccc45)c3)c3ccc4oc5ccccc5c4c3)cc2)cc1. The number of anilines is 3. The number of furan rings is 2. The number of para-hydroxylation sites is 4. The summed E-state index contributed by atoms with van der Waals surface area (Å²) in [7, 11) is 0. The highest BCUT2D eigenvalue weighted by Gasteiger charge is 2.22. The molecule has 63 heavy (non-hydrogen) atoms. The van der Waals surface area contributed by atoms with Gasteiger partial charge in [-0.25, -0.2) is 0 Å². The van der Waals surface area contributed by atoms with Crippen molar-refractivity contribution in [1.82, 2.24) is 0 Å². The predicted molar refractivity (Wildman–Crippen MR) is 263 cm³/mol. The molecule has 0 bridgehead atoms. The number of benzene rings is 10. The molecular weight excluding hydrogens is 767 g/mol. The monoisotopic (exact) mass is 805 g/mol. The zero-order valence-corrected chi connectivity index (χ0v) is 34.3. The van der Waals surface area contributed by atoms with Gasteiger partial charge < -0.3 is 13.7 Å². The van der Waals surface area contributed by atoms with Crippen molar-refractivity contribution in [1.29, 1.82) is 0 Å². The van der Waals surface area contributed by atoms with Crippen LogP contribution in [-0.2, 0) is 0 Å². The van der Waals surface area contributed by atoms with E-state index in [9.17, 15) is 0 Å². The van der Waals surface area contributed by atoms with Crippen LogP contribution >= 0.6 is 0 Å². The lowest BCUT2D eigenvalue weighted by Crippen LogP contribution is -2.11. The summed E-state index contributed by atoms with van der Waals surface area (Å²) in [5, 5.41) is 4.39. The molecule has 12 aromatic rings. The molecule has 2 aromatic heterocycles. The van der Waals surface area contributed by atoms with Gasteiger partial charge in [0.2, 0.25) is 0 Å². The summed E-state index contributed by atoms with van der Waals surface area (Å²) in [6.45, 7) is 0. The Balaban J connectivity index is 1.04. The second-order valence-electron chi connectivity index (χ2n) is 16.0. The molecule has 0 aliphatic heterocycles. The third kappa shape index (κ3) is 6.38. The van der Waals surface area contributed by atoms with Gasteiger partial charge in [0.15, 0.2) is 0 Å². The van der Waals surface area contributed by atoms with Crippen LogP contribution in [0, 0.1) is 0 Å². The molecule has 0 N–H and O–H groups in total. The Kier molecular flexibility index (Phi) is 8.83. The van der Waals surface area contributed by atoms with Crippen LogP contribution in [0.4, 0.5) is 17.1 Å². The van der Waals surface area contributed by atoms with E-state index < -0.39 is 0 Å². The highest BCUT2D eigenvalue weighted by molar-refractivity contribution is 6.10. The van der Waals surface area contributed by atoms with Gasteiger partial charge in [0, 0.05) is 44.0 Å². The first kappa shape index (κ1) is 36.5. The minimum absolute atomic E-state index is 0.859. The van der Waals surface area contributed by atoms with E-state index in [1.165, 1.54) is 27.8 Å². The van der Waals surface area contributed by atoms with Crippen LogP contribution in [0.2, 0.25) is 0 Å². The van der Waals surface area contributed by atoms with Crippen molar-refractivity contribution in [2.24, 2.45) is 0 Å². The number of fused-ring (bicyclic) bond motifs is 6. The van der Waals surface area contributed by atoms with Crippen molar-refractivity contribution in [2.45, 2.75) is 0 Å². The van der Waals surface area contributed by atoms with Gasteiger partial charge in [-0.05, 0) is 93.0 Å². The molecule has 0 saturated carbocycles. The fourth-order valence-electron chi connectivity index (χ4n) is 9.36. The molecule has 3 heteroatoms. The van der Waals surface area contributed by atoms with Crippen LogP contribution in [0.3, 0.4) is 0 Å². The molecule has 10 aromatic carbocycles. The largest absolute Gasteiger partial charge is 0.456 e. The molecule has 0 radical (unpaired) electrons. The molecule has 2 heterocycles. The third-order valence-corrected chi connectivity index (χ3v) is 12.3. The maximum Gasteiger partial charge on any atom is 0.143 e. The number of rotatable bonds is 8. The van der Waals surface area contributed by atoms with Gasteiger partial charge >= 0.3 is 0 Å². The van der Waals surface area contributed by atoms with E-state index in [4.69, 9.17) is 8.83 Å². The van der Waals surface area contributed by atoms with Gasteiger partial charge in [0.1, 0.15) is 22.3 Å². The summed E-state index contributed by atoms with van der Waals surface area (Å²) >= 11 is 0. The first-order chi connectivity index (χ1) is 31.2. The van der Waals surface area contributed by atoms with E-state index in [2.05, 4.69) is 217 Å². The van der Waals surface area contributed by atoms with Gasteiger partial charge in [0.25, 0.3) is 0 Å². The van der Waals surface area contributed by atoms with Crippen LogP contribution in [0.25, 0.3) is 99.5 Å². The molecule has 0 saturated heterocycles. The minimum Gasteiger partial charge on any atom is -0.456 e. The molecule has 12 rings (SSSR count). The van der Waals surface area contributed by atoms with E-state index in [-0.39, 0.29) is 0 Å². The maximum atomic E-state index is 6.56. The molecule has 0 aliphatic rings. The van der Waals surface area contributed by atoms with Gasteiger partial charge in [-0.3, -0.25) is 0 Å². The second kappa shape index (κ2) is 15.3. The Labute approximate surface area is 365 Å². The van der Waals surface area contributed by atoms with Crippen LogP contribution in [0.1, 0.15) is 0 Å². The van der Waals surface area contributed by atoms with Crippen LogP contribution in [-0.4, -0.2) is 0 Å². The van der Waals surface area contributed by atoms with Crippen molar-refractivity contribution in [2.75, 3.05) is 4.90 Å². The van der Waals surface area contributed by atoms with Crippen LogP contribution < -0.4 is 4.90 Å². The van der Waals surface area contributed by atoms with E-state index in [0.29, 0.717) is 0 Å². The number of hydrogen-bond donors (Lipinski definition) is 0. The summed E-state index contributed by atoms with van der Waals surface area (Å²) in [5.41, 5.74) is 18.1. The van der Waals surface area contributed by atoms with Gasteiger partial charge in [0.05, 0.1) is 5.69 Å². The van der Waals surface area contributed by atoms with Crippen molar-refractivity contribution in [3.8, 4) is 55.6 Å². The summed E-state index contributed by atoms with van der Waals surface area (Å²) in [6.07, 6.45) is 0. The summed E-state index contributed by atoms with van der Waals surface area (Å²) < 4.78 is 12.9. The molecular formula is C60H39NO2. The summed E-state index contributed by atoms with van der Waals surface area (Å²) in [5.74, 6) is 0. The molecule has 0 unspecified atom stereocenters. The Morgan fingerprint density at radius 2 is 0.746 bits per heavy atom. The van der Waals surface area contributed by atoms with E-state index in [1.807, 2.05) is 24.3 Å². The Morgan fingerprint density at radius 1 is 0.254 bits per heavy atom. The molecule has 0 fully saturated rings. The lowest BCUT2D eigenvalue weighted by atomic mass is 9.88. The molecule has 3 nitrogen and oxygen atoms in total. The quantitative estimate of drug-likeness (QED) is 0.153. The first-order valence-electron chi connectivity index (χ1n) is 21.4. The van der Waals surface area contributed by atoms with Crippen molar-refractivity contribution in [3.05, 3.63) is 237 Å². The Bertz CT molecular complexity index is 3630. The van der Waals surface area contributed by atoms with E-state index in [0.717, 1.165) is 88.8 Å². The first-order valence-corrected chi connectivity index (χ1v) is 21.4. The minimum atomic E-state index is 0.859. The van der Waals surface area contributed by atoms with Gasteiger partial charge in [-0.2, -0.15) is 0 Å². The highest BCUT2D eigenvalue weighted by atomic mass is 16.3. The zero-order valence-electron chi connectivity index (χ0n) is 34.3. The second-order valence-corrected chi connectivity index (χ2v) is 16.0. The average molecular weight is 806 g/mol. The third-order valence-electron chi connectivity index (χ3n) is 12.3. The highest BCUT2D eigenvalue weighted by Crippen LogP contribution is 2.47. The molecule has 0 spiro atoms. The predicted octanol–water partition coefficient (Wildman–Crippen LogP) is 17.3. The number of nitrogens with zero attached hydrogens (tertiary/aromatic N) is 1. The fourth-order valence-corrected chi connectivity index (χ4v) is 9.36. The van der Waals surface area contributed by atoms with Gasteiger partial charge in [-0.1, -0.05) is 188 Å². The smallest absolute Gasteiger partial charge is 0.143 e. The maximum absolute atomic E-state index is 6.56. The van der Waals surface area contributed by atoms with Crippen molar-refractivity contribution in [3.63, 3.8) is 0 Å². The van der Waals surface area contributed by atoms with Crippen molar-refractivity contribution >= 4 is 60.9 Å². The number of hydrogen-bond acceptors (Lipinski definition) is 3. The van der Waals surface area contributed by atoms with E-state index in [1.54, 1.807) is 0 Å². The fraction of sp³-hybridized carbons (Fsp3) is 0. The molecule has 0 amide bonds. The normalized spacial score (nSPS) is 11.5. The lowest BCUT2D eigenvalue weighted by Gasteiger charge is -2.29. The average Bonchev–Trinajstić information content (AvgIpc) is 3.93.